The van der Waals surface area contributed by atoms with Crippen molar-refractivity contribution in [2.75, 3.05) is 42.2 Å². The molecule has 3 heterocycles. The third-order valence-corrected chi connectivity index (χ3v) is 6.06. The normalized spacial score (nSPS) is 14.8. The van der Waals surface area contributed by atoms with Crippen LogP contribution in [0.4, 0.5) is 21.9 Å². The zero-order valence-corrected chi connectivity index (χ0v) is 21.0. The largest absolute Gasteiger partial charge is 0.403 e. The van der Waals surface area contributed by atoms with Crippen LogP contribution in [0.25, 0.3) is 11.5 Å². The average Bonchev–Trinajstić information content (AvgIpc) is 3.35. The summed E-state index contributed by atoms with van der Waals surface area (Å²) in [5.74, 6) is -0.453. The molecule has 0 radical (unpaired) electrons. The lowest BCUT2D eigenvalue weighted by molar-refractivity contribution is -0.116. The lowest BCUT2D eigenvalue weighted by Crippen LogP contribution is -2.32. The molecule has 38 heavy (non-hydrogen) atoms. The molecule has 1 atom stereocenters. The number of nitrogens with one attached hydrogen (secondary N) is 3. The van der Waals surface area contributed by atoms with Gasteiger partial charge in [-0.3, -0.25) is 4.79 Å². The Morgan fingerprint density at radius 3 is 2.61 bits per heavy atom. The summed E-state index contributed by atoms with van der Waals surface area (Å²) in [6.45, 7) is 3.85. The monoisotopic (exact) mass is 514 g/mol. The molecular formula is C27H27FN8O2. The molecule has 1 aliphatic heterocycles. The summed E-state index contributed by atoms with van der Waals surface area (Å²) in [5, 5.41) is 17.2. The van der Waals surface area contributed by atoms with Gasteiger partial charge in [-0.25, -0.2) is 9.98 Å². The molecule has 0 fully saturated rings. The second-order valence-electron chi connectivity index (χ2n) is 8.53. The number of rotatable bonds is 9. The molecule has 0 saturated carbocycles. The zero-order valence-electron chi connectivity index (χ0n) is 21.0. The first-order valence-corrected chi connectivity index (χ1v) is 12.3. The highest BCUT2D eigenvalue weighted by molar-refractivity contribution is 6.19. The Bertz CT molecular complexity index is 1460. The van der Waals surface area contributed by atoms with Crippen molar-refractivity contribution in [3.05, 3.63) is 83.8 Å². The minimum atomic E-state index is -1.04. The number of benzene rings is 2. The smallest absolute Gasteiger partial charge is 0.317 e. The maximum Gasteiger partial charge on any atom is 0.317 e. The quantitative estimate of drug-likeness (QED) is 0.290. The van der Waals surface area contributed by atoms with E-state index < -0.39 is 12.1 Å². The van der Waals surface area contributed by atoms with Crippen LogP contribution in [0.3, 0.4) is 0 Å². The van der Waals surface area contributed by atoms with Crippen molar-refractivity contribution in [2.45, 2.75) is 13.1 Å². The Morgan fingerprint density at radius 2 is 1.82 bits per heavy atom. The van der Waals surface area contributed by atoms with Crippen LogP contribution in [0.1, 0.15) is 18.1 Å². The van der Waals surface area contributed by atoms with Gasteiger partial charge in [-0.15, -0.1) is 5.10 Å². The average molecular weight is 515 g/mol. The molecule has 2 aromatic carbocycles. The van der Waals surface area contributed by atoms with Crippen molar-refractivity contribution in [1.82, 2.24) is 20.5 Å². The fourth-order valence-electron chi connectivity index (χ4n) is 4.18. The molecule has 4 aromatic rings. The summed E-state index contributed by atoms with van der Waals surface area (Å²) in [6, 6.07) is 19.9. The summed E-state index contributed by atoms with van der Waals surface area (Å²) < 4.78 is 19.9. The predicted molar refractivity (Wildman–Crippen MR) is 144 cm³/mol. The number of likely N-dealkylation sites (N-methyl/N-ethyl adjacent to an activating group) is 2. The van der Waals surface area contributed by atoms with Gasteiger partial charge in [0.2, 0.25) is 12.1 Å². The number of benzodiazepines with no additional fused rings is 1. The van der Waals surface area contributed by atoms with Crippen LogP contribution in [0.2, 0.25) is 0 Å². The molecule has 10 nitrogen and oxygen atoms in total. The number of carbonyl (C=O) groups is 1. The van der Waals surface area contributed by atoms with Gasteiger partial charge in [0.25, 0.3) is 11.8 Å². The third-order valence-electron chi connectivity index (χ3n) is 6.06. The van der Waals surface area contributed by atoms with Crippen molar-refractivity contribution < 1.29 is 13.6 Å². The first kappa shape index (κ1) is 25.0. The van der Waals surface area contributed by atoms with E-state index in [1.807, 2.05) is 73.5 Å². The summed E-state index contributed by atoms with van der Waals surface area (Å²) >= 11 is 0. The molecule has 0 aliphatic carbocycles. The Labute approximate surface area is 219 Å². The number of aliphatic imine (C=N–C) groups is 1. The Hall–Kier alpha value is -4.64. The van der Waals surface area contributed by atoms with Crippen LogP contribution in [-0.2, 0) is 4.79 Å². The van der Waals surface area contributed by atoms with E-state index in [2.05, 4.69) is 31.1 Å². The minimum Gasteiger partial charge on any atom is -0.403 e. The van der Waals surface area contributed by atoms with Crippen molar-refractivity contribution in [1.29, 1.82) is 0 Å². The van der Waals surface area contributed by atoms with Crippen LogP contribution < -0.4 is 20.9 Å². The fraction of sp³-hybridized carbons (Fsp3) is 0.222. The molecule has 2 aromatic heterocycles. The van der Waals surface area contributed by atoms with Crippen LogP contribution in [0.15, 0.2) is 76.1 Å². The molecule has 1 aliphatic rings. The number of para-hydroxylation sites is 1. The first-order chi connectivity index (χ1) is 18.6. The topological polar surface area (TPSA) is 121 Å². The van der Waals surface area contributed by atoms with E-state index in [0.29, 0.717) is 42.4 Å². The highest BCUT2D eigenvalue weighted by Crippen LogP contribution is 2.30. The summed E-state index contributed by atoms with van der Waals surface area (Å²) in [5.41, 5.74) is 3.43. The number of aromatic nitrogens is 3. The second kappa shape index (κ2) is 11.2. The summed E-state index contributed by atoms with van der Waals surface area (Å²) in [4.78, 5) is 23.9. The highest BCUT2D eigenvalue weighted by Gasteiger charge is 2.27. The number of halogens is 1. The summed E-state index contributed by atoms with van der Waals surface area (Å²) in [6.07, 6.45) is -1.04. The molecule has 0 bridgehead atoms. The molecule has 1 amide bonds. The van der Waals surface area contributed by atoms with Crippen molar-refractivity contribution in [3.8, 4) is 11.5 Å². The predicted octanol–water partition coefficient (Wildman–Crippen LogP) is 3.54. The van der Waals surface area contributed by atoms with E-state index in [9.17, 15) is 9.18 Å². The van der Waals surface area contributed by atoms with E-state index in [4.69, 9.17) is 9.41 Å². The van der Waals surface area contributed by atoms with E-state index >= 15 is 0 Å². The molecule has 1 unspecified atom stereocenters. The van der Waals surface area contributed by atoms with Crippen molar-refractivity contribution in [2.24, 2.45) is 4.99 Å². The maximum atomic E-state index is 14.1. The SMILES string of the molecule is CCN(CCNC)c1nc(F)ccc1-c1nnc(NC2N=C(c3ccccc3)c3ccccc3NC2=O)o1. The lowest BCUT2D eigenvalue weighted by Gasteiger charge is -2.23. The van der Waals surface area contributed by atoms with Crippen LogP contribution in [-0.4, -0.2) is 59.6 Å². The number of nitrogens with zero attached hydrogens (tertiary/aromatic N) is 5. The van der Waals surface area contributed by atoms with Gasteiger partial charge in [-0.1, -0.05) is 53.6 Å². The highest BCUT2D eigenvalue weighted by atomic mass is 19.1. The third kappa shape index (κ3) is 5.23. The van der Waals surface area contributed by atoms with Gasteiger partial charge in [-0.2, -0.15) is 4.39 Å². The van der Waals surface area contributed by atoms with Gasteiger partial charge >= 0.3 is 6.01 Å². The number of fused-ring (bicyclic) bond motifs is 1. The molecule has 0 saturated heterocycles. The number of carbonyl (C=O) groups excluding carboxylic acids is 1. The molecule has 0 spiro atoms. The standard InChI is InChI=1S/C27H27FN8O2/c1-3-36(16-15-29-2)24-19(13-14-21(28)31-24)26-34-35-27(38-26)33-23-25(37)30-20-12-8-7-11-18(20)22(32-23)17-9-5-4-6-10-17/h4-14,23,29H,3,15-16H2,1-2H3,(H,30,37)(H,33,35). The first-order valence-electron chi connectivity index (χ1n) is 12.3. The van der Waals surface area contributed by atoms with Gasteiger partial charge in [0, 0.05) is 30.8 Å². The Kier molecular flexibility index (Phi) is 7.36. The van der Waals surface area contributed by atoms with Crippen molar-refractivity contribution in [3.63, 3.8) is 0 Å². The van der Waals surface area contributed by atoms with E-state index in [1.165, 1.54) is 6.07 Å². The summed E-state index contributed by atoms with van der Waals surface area (Å²) in [7, 11) is 1.84. The van der Waals surface area contributed by atoms with E-state index in [0.717, 1.165) is 11.1 Å². The minimum absolute atomic E-state index is 0.00387. The molecule has 194 valence electrons. The van der Waals surface area contributed by atoms with Gasteiger partial charge in [-0.05, 0) is 32.2 Å². The molecular weight excluding hydrogens is 487 g/mol. The van der Waals surface area contributed by atoms with Gasteiger partial charge in [0.15, 0.2) is 0 Å². The van der Waals surface area contributed by atoms with Gasteiger partial charge in [0.05, 0.1) is 17.0 Å². The number of anilines is 3. The van der Waals surface area contributed by atoms with Gasteiger partial charge in [0.1, 0.15) is 5.82 Å². The van der Waals surface area contributed by atoms with E-state index in [-0.39, 0.29) is 17.8 Å². The van der Waals surface area contributed by atoms with E-state index in [1.54, 1.807) is 6.07 Å². The molecule has 5 rings (SSSR count). The zero-order chi connectivity index (χ0) is 26.5. The maximum absolute atomic E-state index is 14.1. The van der Waals surface area contributed by atoms with Crippen LogP contribution >= 0.6 is 0 Å². The second-order valence-corrected chi connectivity index (χ2v) is 8.53. The number of hydrogen-bond donors (Lipinski definition) is 3. The van der Waals surface area contributed by atoms with Crippen LogP contribution in [0.5, 0.6) is 0 Å². The Balaban J connectivity index is 1.47. The van der Waals surface area contributed by atoms with Crippen LogP contribution in [0, 0.1) is 5.95 Å². The van der Waals surface area contributed by atoms with Crippen molar-refractivity contribution >= 4 is 29.1 Å². The lowest BCUT2D eigenvalue weighted by atomic mass is 10.0. The number of hydrogen-bond acceptors (Lipinski definition) is 9. The molecule has 3 N–H and O–H groups in total. The number of amides is 1. The van der Waals surface area contributed by atoms with Gasteiger partial charge < -0.3 is 25.3 Å². The molecule has 11 heteroatoms. The Morgan fingerprint density at radius 1 is 1.03 bits per heavy atom. The fourth-order valence-corrected chi connectivity index (χ4v) is 4.18. The number of pyridine rings is 1.